The summed E-state index contributed by atoms with van der Waals surface area (Å²) in [6.45, 7) is 1.14. The van der Waals surface area contributed by atoms with Gasteiger partial charge < -0.3 is 20.1 Å². The second-order valence-corrected chi connectivity index (χ2v) is 4.76. The lowest BCUT2D eigenvalue weighted by Gasteiger charge is -2.15. The van der Waals surface area contributed by atoms with Crippen LogP contribution < -0.4 is 15.4 Å². The van der Waals surface area contributed by atoms with Gasteiger partial charge in [0.2, 0.25) is 0 Å². The van der Waals surface area contributed by atoms with Gasteiger partial charge in [0.15, 0.2) is 5.96 Å². The lowest BCUT2D eigenvalue weighted by molar-refractivity contribution is -0.140. The molecule has 2 N–H and O–H groups in total. The number of methoxy groups -OCH3 is 1. The topological polar surface area (TPSA) is 72.0 Å². The molecule has 1 aliphatic rings. The number of ether oxygens (including phenoxy) is 2. The number of hydrogen-bond acceptors (Lipinski definition) is 4. The molecule has 22 heavy (non-hydrogen) atoms. The second kappa shape index (κ2) is 9.50. The fourth-order valence-corrected chi connectivity index (χ4v) is 2.18. The number of nitrogens with one attached hydrogen (secondary N) is 2. The monoisotopic (exact) mass is 419 g/mol. The van der Waals surface area contributed by atoms with Crippen molar-refractivity contribution in [3.05, 3.63) is 29.8 Å². The zero-order chi connectivity index (χ0) is 15.1. The molecule has 1 aromatic rings. The number of para-hydroxylation sites is 1. The second-order valence-electron chi connectivity index (χ2n) is 4.76. The molecule has 1 atom stereocenters. The van der Waals surface area contributed by atoms with Gasteiger partial charge in [-0.15, -0.1) is 24.0 Å². The highest BCUT2D eigenvalue weighted by atomic mass is 127. The van der Waals surface area contributed by atoms with Crippen LogP contribution in [0.1, 0.15) is 12.0 Å². The minimum Gasteiger partial charge on any atom is -0.488 e. The Bertz CT molecular complexity index is 498. The molecule has 0 aromatic heterocycles. The molecule has 2 rings (SSSR count). The summed E-state index contributed by atoms with van der Waals surface area (Å²) in [6, 6.07) is 8.06. The standard InChI is InChI=1S/C15H21N3O3.HI/c1-16-15(17-8-7-14(19)20-2)18-10-12-9-11-5-3-4-6-13(11)21-12;/h3-6,12H,7-10H2,1-2H3,(H2,16,17,18);1H. The number of carbonyl (C=O) groups excluding carboxylic acids is 1. The lowest BCUT2D eigenvalue weighted by atomic mass is 10.1. The summed E-state index contributed by atoms with van der Waals surface area (Å²) in [5.41, 5.74) is 1.23. The molecule has 0 aliphatic carbocycles. The van der Waals surface area contributed by atoms with Gasteiger partial charge in [0, 0.05) is 20.0 Å². The van der Waals surface area contributed by atoms with Gasteiger partial charge in [0.05, 0.1) is 20.1 Å². The van der Waals surface area contributed by atoms with Crippen molar-refractivity contribution in [2.45, 2.75) is 18.9 Å². The molecule has 0 amide bonds. The van der Waals surface area contributed by atoms with Gasteiger partial charge >= 0.3 is 5.97 Å². The van der Waals surface area contributed by atoms with E-state index in [4.69, 9.17) is 4.74 Å². The predicted octanol–water partition coefficient (Wildman–Crippen LogP) is 1.34. The molecule has 6 nitrogen and oxygen atoms in total. The lowest BCUT2D eigenvalue weighted by Crippen LogP contribution is -2.42. The summed E-state index contributed by atoms with van der Waals surface area (Å²) in [6.07, 6.45) is 1.30. The van der Waals surface area contributed by atoms with Gasteiger partial charge in [-0.3, -0.25) is 9.79 Å². The average Bonchev–Trinajstić information content (AvgIpc) is 2.93. The first-order valence-electron chi connectivity index (χ1n) is 6.99. The van der Waals surface area contributed by atoms with Crippen LogP contribution in [0.2, 0.25) is 0 Å². The summed E-state index contributed by atoms with van der Waals surface area (Å²) in [4.78, 5) is 15.1. The zero-order valence-electron chi connectivity index (χ0n) is 12.8. The van der Waals surface area contributed by atoms with Crippen LogP contribution >= 0.6 is 24.0 Å². The first kappa shape index (κ1) is 18.5. The summed E-state index contributed by atoms with van der Waals surface area (Å²) < 4.78 is 10.4. The van der Waals surface area contributed by atoms with Crippen LogP contribution in [-0.2, 0) is 16.0 Å². The van der Waals surface area contributed by atoms with Gasteiger partial charge in [0.1, 0.15) is 11.9 Å². The molecule has 0 bridgehead atoms. The highest BCUT2D eigenvalue weighted by Gasteiger charge is 2.22. The van der Waals surface area contributed by atoms with E-state index in [2.05, 4.69) is 26.4 Å². The zero-order valence-corrected chi connectivity index (χ0v) is 15.1. The molecule has 0 fully saturated rings. The van der Waals surface area contributed by atoms with E-state index in [1.54, 1.807) is 7.05 Å². The van der Waals surface area contributed by atoms with Crippen LogP contribution in [0.4, 0.5) is 0 Å². The van der Waals surface area contributed by atoms with E-state index in [-0.39, 0.29) is 36.0 Å². The number of benzene rings is 1. The quantitative estimate of drug-likeness (QED) is 0.326. The largest absolute Gasteiger partial charge is 0.488 e. The fraction of sp³-hybridized carbons (Fsp3) is 0.467. The number of rotatable bonds is 5. The van der Waals surface area contributed by atoms with Crippen LogP contribution in [0.15, 0.2) is 29.3 Å². The van der Waals surface area contributed by atoms with Crippen molar-refractivity contribution in [3.8, 4) is 5.75 Å². The fourth-order valence-electron chi connectivity index (χ4n) is 2.18. The molecule has 0 saturated carbocycles. The third kappa shape index (κ3) is 5.36. The van der Waals surface area contributed by atoms with Crippen molar-refractivity contribution in [1.82, 2.24) is 10.6 Å². The number of esters is 1. The molecule has 0 spiro atoms. The van der Waals surface area contributed by atoms with E-state index in [0.29, 0.717) is 25.5 Å². The van der Waals surface area contributed by atoms with Crippen LogP contribution in [0, 0.1) is 0 Å². The Morgan fingerprint density at radius 2 is 2.18 bits per heavy atom. The van der Waals surface area contributed by atoms with Gasteiger partial charge in [-0.05, 0) is 11.6 Å². The third-order valence-corrected chi connectivity index (χ3v) is 3.28. The molecule has 7 heteroatoms. The average molecular weight is 419 g/mol. The van der Waals surface area contributed by atoms with Crippen molar-refractivity contribution in [3.63, 3.8) is 0 Å². The van der Waals surface area contributed by atoms with Gasteiger partial charge in [-0.2, -0.15) is 0 Å². The number of halogens is 1. The molecule has 0 saturated heterocycles. The van der Waals surface area contributed by atoms with E-state index in [1.807, 2.05) is 18.2 Å². The van der Waals surface area contributed by atoms with E-state index in [1.165, 1.54) is 12.7 Å². The molecule has 122 valence electrons. The Balaban J connectivity index is 0.00000242. The number of nitrogens with zero attached hydrogens (tertiary/aromatic N) is 1. The maximum atomic E-state index is 11.0. The summed E-state index contributed by atoms with van der Waals surface area (Å²) in [5.74, 6) is 1.36. The molecule has 1 aromatic carbocycles. The van der Waals surface area contributed by atoms with E-state index >= 15 is 0 Å². The number of aliphatic imine (C=N–C) groups is 1. The highest BCUT2D eigenvalue weighted by Crippen LogP contribution is 2.27. The van der Waals surface area contributed by atoms with Crippen LogP contribution in [0.3, 0.4) is 0 Å². The molecular formula is C15H22IN3O3. The van der Waals surface area contributed by atoms with Crippen molar-refractivity contribution >= 4 is 35.9 Å². The Morgan fingerprint density at radius 1 is 1.41 bits per heavy atom. The van der Waals surface area contributed by atoms with Crippen molar-refractivity contribution in [2.24, 2.45) is 4.99 Å². The maximum Gasteiger partial charge on any atom is 0.307 e. The number of hydrogen-bond donors (Lipinski definition) is 2. The smallest absolute Gasteiger partial charge is 0.307 e. The highest BCUT2D eigenvalue weighted by molar-refractivity contribution is 14.0. The first-order chi connectivity index (χ1) is 10.2. The van der Waals surface area contributed by atoms with E-state index in [0.717, 1.165) is 12.2 Å². The normalized spacial score (nSPS) is 16.1. The molecule has 1 heterocycles. The number of guanidine groups is 1. The van der Waals surface area contributed by atoms with Crippen LogP contribution in [0.5, 0.6) is 5.75 Å². The molecule has 1 unspecified atom stereocenters. The SMILES string of the molecule is CN=C(NCCC(=O)OC)NCC1Cc2ccccc2O1.I. The van der Waals surface area contributed by atoms with Crippen LogP contribution in [0.25, 0.3) is 0 Å². The Morgan fingerprint density at radius 3 is 2.86 bits per heavy atom. The predicted molar refractivity (Wildman–Crippen MR) is 96.0 cm³/mol. The van der Waals surface area contributed by atoms with Gasteiger partial charge in [0.25, 0.3) is 0 Å². The molecular weight excluding hydrogens is 397 g/mol. The first-order valence-corrected chi connectivity index (χ1v) is 6.99. The van der Waals surface area contributed by atoms with Crippen LogP contribution in [-0.4, -0.2) is 45.3 Å². The Hall–Kier alpha value is -1.51. The van der Waals surface area contributed by atoms with Gasteiger partial charge in [-0.1, -0.05) is 18.2 Å². The number of fused-ring (bicyclic) bond motifs is 1. The van der Waals surface area contributed by atoms with Crippen molar-refractivity contribution in [1.29, 1.82) is 0 Å². The summed E-state index contributed by atoms with van der Waals surface area (Å²) in [7, 11) is 3.07. The van der Waals surface area contributed by atoms with E-state index in [9.17, 15) is 4.79 Å². The summed E-state index contributed by atoms with van der Waals surface area (Å²) in [5, 5.41) is 6.26. The van der Waals surface area contributed by atoms with Crippen molar-refractivity contribution in [2.75, 3.05) is 27.2 Å². The van der Waals surface area contributed by atoms with Gasteiger partial charge in [-0.25, -0.2) is 0 Å². The maximum absolute atomic E-state index is 11.0. The Kier molecular flexibility index (Phi) is 8.00. The minimum atomic E-state index is -0.243. The minimum absolute atomic E-state index is 0. The molecule has 0 radical (unpaired) electrons. The third-order valence-electron chi connectivity index (χ3n) is 3.28. The summed E-state index contributed by atoms with van der Waals surface area (Å²) >= 11 is 0. The Labute approximate surface area is 147 Å². The van der Waals surface area contributed by atoms with E-state index < -0.39 is 0 Å². The molecule has 1 aliphatic heterocycles. The van der Waals surface area contributed by atoms with Crippen molar-refractivity contribution < 1.29 is 14.3 Å². The number of carbonyl (C=O) groups is 1.